The molecule has 0 saturated heterocycles. The van der Waals surface area contributed by atoms with Crippen molar-refractivity contribution in [3.63, 3.8) is 0 Å². The third kappa shape index (κ3) is 4.66. The minimum atomic E-state index is -0.512. The van der Waals surface area contributed by atoms with E-state index in [0.29, 0.717) is 6.54 Å². The predicted molar refractivity (Wildman–Crippen MR) is 90.7 cm³/mol. The molecule has 0 atom stereocenters. The van der Waals surface area contributed by atoms with Crippen molar-refractivity contribution in [1.82, 2.24) is 4.90 Å². The Bertz CT molecular complexity index is 724. The van der Waals surface area contributed by atoms with E-state index in [-0.39, 0.29) is 29.9 Å². The summed E-state index contributed by atoms with van der Waals surface area (Å²) in [6, 6.07) is 9.97. The highest BCUT2D eigenvalue weighted by molar-refractivity contribution is 5.94. The Morgan fingerprint density at radius 3 is 2.58 bits per heavy atom. The molecule has 0 fully saturated rings. The molecule has 24 heavy (non-hydrogen) atoms. The Morgan fingerprint density at radius 1 is 1.29 bits per heavy atom. The zero-order chi connectivity index (χ0) is 17.7. The minimum absolute atomic E-state index is 0.115. The van der Waals surface area contributed by atoms with Crippen LogP contribution in [0.2, 0.25) is 0 Å². The van der Waals surface area contributed by atoms with E-state index in [2.05, 4.69) is 5.32 Å². The molecule has 1 amide bonds. The van der Waals surface area contributed by atoms with E-state index in [1.165, 1.54) is 12.1 Å². The van der Waals surface area contributed by atoms with E-state index in [1.54, 1.807) is 12.1 Å². The number of carbonyl (C=O) groups is 1. The van der Waals surface area contributed by atoms with Gasteiger partial charge in [-0.3, -0.25) is 19.8 Å². The summed E-state index contributed by atoms with van der Waals surface area (Å²) in [4.78, 5) is 24.7. The summed E-state index contributed by atoms with van der Waals surface area (Å²) in [5, 5.41) is 13.6. The Hall–Kier alpha value is -2.67. The molecule has 1 heterocycles. The van der Waals surface area contributed by atoms with Gasteiger partial charge in [-0.2, -0.15) is 0 Å². The van der Waals surface area contributed by atoms with Gasteiger partial charge in [0, 0.05) is 12.1 Å². The highest BCUT2D eigenvalue weighted by Gasteiger charge is 2.19. The molecular weight excluding hydrogens is 310 g/mol. The van der Waals surface area contributed by atoms with Gasteiger partial charge < -0.3 is 9.73 Å². The number of para-hydroxylation sites is 2. The highest BCUT2D eigenvalue weighted by atomic mass is 16.6. The average molecular weight is 331 g/mol. The highest BCUT2D eigenvalue weighted by Crippen LogP contribution is 2.23. The van der Waals surface area contributed by atoms with Crippen molar-refractivity contribution in [2.24, 2.45) is 0 Å². The van der Waals surface area contributed by atoms with Crippen molar-refractivity contribution in [3.05, 3.63) is 58.0 Å². The topological polar surface area (TPSA) is 88.6 Å². The molecule has 2 rings (SSSR count). The van der Waals surface area contributed by atoms with Gasteiger partial charge in [0.15, 0.2) is 0 Å². The summed E-state index contributed by atoms with van der Waals surface area (Å²) in [5.41, 5.74) is 0.0775. The van der Waals surface area contributed by atoms with Crippen molar-refractivity contribution in [2.45, 2.75) is 33.4 Å². The number of furan rings is 1. The number of nitrogens with one attached hydrogen (secondary N) is 1. The van der Waals surface area contributed by atoms with Crippen molar-refractivity contribution in [2.75, 3.05) is 11.9 Å². The van der Waals surface area contributed by atoms with Crippen LogP contribution in [0, 0.1) is 17.0 Å². The zero-order valence-corrected chi connectivity index (χ0v) is 14.0. The van der Waals surface area contributed by atoms with Gasteiger partial charge in [0.05, 0.1) is 18.0 Å². The molecule has 0 aliphatic carbocycles. The van der Waals surface area contributed by atoms with Crippen molar-refractivity contribution in [1.29, 1.82) is 0 Å². The Morgan fingerprint density at radius 2 is 2.00 bits per heavy atom. The van der Waals surface area contributed by atoms with Crippen LogP contribution >= 0.6 is 0 Å². The number of hydrogen-bond acceptors (Lipinski definition) is 5. The molecule has 2 aromatic rings. The van der Waals surface area contributed by atoms with Gasteiger partial charge in [-0.1, -0.05) is 12.1 Å². The van der Waals surface area contributed by atoms with E-state index in [1.807, 2.05) is 37.8 Å². The normalized spacial score (nSPS) is 11.0. The van der Waals surface area contributed by atoms with E-state index < -0.39 is 4.92 Å². The molecule has 1 aromatic heterocycles. The first-order chi connectivity index (χ1) is 11.4. The molecule has 1 aromatic carbocycles. The first kappa shape index (κ1) is 17.7. The van der Waals surface area contributed by atoms with E-state index in [4.69, 9.17) is 4.42 Å². The van der Waals surface area contributed by atoms with Crippen LogP contribution in [-0.2, 0) is 11.3 Å². The maximum absolute atomic E-state index is 12.3. The van der Waals surface area contributed by atoms with Gasteiger partial charge in [-0.15, -0.1) is 0 Å². The SMILES string of the molecule is Cc1ccc(CN(CC(=O)Nc2ccccc2[N+](=O)[O-])C(C)C)o1. The molecule has 0 spiro atoms. The molecule has 7 heteroatoms. The average Bonchev–Trinajstić information content (AvgIpc) is 2.92. The van der Waals surface area contributed by atoms with Crippen LogP contribution in [0.1, 0.15) is 25.4 Å². The number of nitro benzene ring substituents is 1. The van der Waals surface area contributed by atoms with E-state index in [9.17, 15) is 14.9 Å². The summed E-state index contributed by atoms with van der Waals surface area (Å²) in [7, 11) is 0. The second-order valence-electron chi connectivity index (χ2n) is 5.83. The van der Waals surface area contributed by atoms with Gasteiger partial charge in [0.2, 0.25) is 5.91 Å². The number of nitro groups is 1. The fourth-order valence-corrected chi connectivity index (χ4v) is 2.30. The Labute approximate surface area is 140 Å². The molecule has 128 valence electrons. The van der Waals surface area contributed by atoms with Crippen LogP contribution in [0.25, 0.3) is 0 Å². The first-order valence-corrected chi connectivity index (χ1v) is 7.69. The summed E-state index contributed by atoms with van der Waals surface area (Å²) in [6.45, 7) is 6.44. The lowest BCUT2D eigenvalue weighted by molar-refractivity contribution is -0.383. The molecular formula is C17H21N3O4. The molecule has 0 saturated carbocycles. The number of nitrogens with zero attached hydrogens (tertiary/aromatic N) is 2. The van der Waals surface area contributed by atoms with Gasteiger partial charge in [-0.25, -0.2) is 0 Å². The van der Waals surface area contributed by atoms with E-state index in [0.717, 1.165) is 11.5 Å². The second kappa shape index (κ2) is 7.74. The lowest BCUT2D eigenvalue weighted by Gasteiger charge is -2.24. The smallest absolute Gasteiger partial charge is 0.292 e. The summed E-state index contributed by atoms with van der Waals surface area (Å²) in [5.74, 6) is 1.29. The standard InChI is InChI=1S/C17H21N3O4/c1-12(2)19(10-14-9-8-13(3)24-14)11-17(21)18-15-6-4-5-7-16(15)20(22)23/h4-9,12H,10-11H2,1-3H3,(H,18,21). The van der Waals surface area contributed by atoms with Gasteiger partial charge >= 0.3 is 0 Å². The molecule has 0 radical (unpaired) electrons. The van der Waals surface area contributed by atoms with Crippen LogP contribution in [0.15, 0.2) is 40.8 Å². The minimum Gasteiger partial charge on any atom is -0.465 e. The molecule has 1 N–H and O–H groups in total. The van der Waals surface area contributed by atoms with Crippen molar-refractivity contribution >= 4 is 17.3 Å². The summed E-state index contributed by atoms with van der Waals surface area (Å²) < 4.78 is 5.55. The monoisotopic (exact) mass is 331 g/mol. The number of carbonyl (C=O) groups excluding carboxylic acids is 1. The fourth-order valence-electron chi connectivity index (χ4n) is 2.30. The number of aryl methyl sites for hydroxylation is 1. The van der Waals surface area contributed by atoms with Crippen LogP contribution < -0.4 is 5.32 Å². The quantitative estimate of drug-likeness (QED) is 0.621. The maximum Gasteiger partial charge on any atom is 0.292 e. The van der Waals surface area contributed by atoms with E-state index >= 15 is 0 Å². The predicted octanol–water partition coefficient (Wildman–Crippen LogP) is 3.35. The van der Waals surface area contributed by atoms with Crippen LogP contribution in [0.4, 0.5) is 11.4 Å². The largest absolute Gasteiger partial charge is 0.465 e. The third-order valence-corrected chi connectivity index (χ3v) is 3.61. The first-order valence-electron chi connectivity index (χ1n) is 7.69. The molecule has 7 nitrogen and oxygen atoms in total. The Kier molecular flexibility index (Phi) is 5.70. The summed E-state index contributed by atoms with van der Waals surface area (Å²) in [6.07, 6.45) is 0. The lowest BCUT2D eigenvalue weighted by Crippen LogP contribution is -2.37. The zero-order valence-electron chi connectivity index (χ0n) is 14.0. The number of benzene rings is 1. The lowest BCUT2D eigenvalue weighted by atomic mass is 10.2. The molecule has 0 aliphatic rings. The number of hydrogen-bond donors (Lipinski definition) is 1. The number of rotatable bonds is 7. The number of amides is 1. The van der Waals surface area contributed by atoms with Crippen LogP contribution in [0.3, 0.4) is 0 Å². The van der Waals surface area contributed by atoms with Crippen molar-refractivity contribution < 1.29 is 14.1 Å². The third-order valence-electron chi connectivity index (χ3n) is 3.61. The van der Waals surface area contributed by atoms with Crippen LogP contribution in [0.5, 0.6) is 0 Å². The fraction of sp³-hybridized carbons (Fsp3) is 0.353. The molecule has 0 aliphatic heterocycles. The Balaban J connectivity index is 2.04. The van der Waals surface area contributed by atoms with Crippen molar-refractivity contribution in [3.8, 4) is 0 Å². The number of anilines is 1. The van der Waals surface area contributed by atoms with Gasteiger partial charge in [0.1, 0.15) is 17.2 Å². The molecule has 0 unspecified atom stereocenters. The summed E-state index contributed by atoms with van der Waals surface area (Å²) >= 11 is 0. The van der Waals surface area contributed by atoms with Gasteiger partial charge in [0.25, 0.3) is 5.69 Å². The second-order valence-corrected chi connectivity index (χ2v) is 5.83. The maximum atomic E-state index is 12.3. The van der Waals surface area contributed by atoms with Gasteiger partial charge in [-0.05, 0) is 39.0 Å². The molecule has 0 bridgehead atoms. The van der Waals surface area contributed by atoms with Crippen LogP contribution in [-0.4, -0.2) is 28.3 Å².